The third-order valence-electron chi connectivity index (χ3n) is 5.38. The van der Waals surface area contributed by atoms with Gasteiger partial charge in [0.2, 0.25) is 0 Å². The number of aromatic nitrogens is 1. The summed E-state index contributed by atoms with van der Waals surface area (Å²) in [5.74, 6) is -1.02. The Bertz CT molecular complexity index is 1370. The predicted molar refractivity (Wildman–Crippen MR) is 136 cm³/mol. The van der Waals surface area contributed by atoms with Crippen LogP contribution >= 0.6 is 11.6 Å². The third kappa shape index (κ3) is 5.36. The number of rotatable bonds is 9. The molecule has 0 saturated carbocycles. The van der Waals surface area contributed by atoms with Crippen LogP contribution in [0.3, 0.4) is 0 Å². The number of pyridine rings is 1. The number of benzene rings is 2. The van der Waals surface area contributed by atoms with E-state index < -0.39 is 21.8 Å². The Labute approximate surface area is 208 Å². The van der Waals surface area contributed by atoms with Crippen LogP contribution in [0, 0.1) is 0 Å². The van der Waals surface area contributed by atoms with Gasteiger partial charge in [-0.25, -0.2) is 18.3 Å². The first-order valence-electron chi connectivity index (χ1n) is 11.0. The number of unbranched alkanes of at least 4 members (excludes halogenated alkanes) is 1. The van der Waals surface area contributed by atoms with Crippen molar-refractivity contribution in [3.05, 3.63) is 89.2 Å². The van der Waals surface area contributed by atoms with E-state index in [1.54, 1.807) is 24.3 Å². The van der Waals surface area contributed by atoms with Crippen LogP contribution in [0.2, 0.25) is 0 Å². The number of aryl methyl sites for hydroxylation is 1. The van der Waals surface area contributed by atoms with Crippen LogP contribution in [0.15, 0.2) is 88.6 Å². The number of nitrogens with one attached hydrogen (secondary N) is 2. The lowest BCUT2D eigenvalue weighted by molar-refractivity contribution is -0.120. The summed E-state index contributed by atoms with van der Waals surface area (Å²) in [7, 11) is -3.85. The van der Waals surface area contributed by atoms with Gasteiger partial charge in [-0.1, -0.05) is 43.1 Å². The predicted octanol–water partition coefficient (Wildman–Crippen LogP) is 4.66. The van der Waals surface area contributed by atoms with Crippen LogP contribution in [0.4, 0.5) is 17.2 Å². The van der Waals surface area contributed by atoms with Gasteiger partial charge in [0.25, 0.3) is 21.8 Å². The van der Waals surface area contributed by atoms with Gasteiger partial charge in [-0.2, -0.15) is 0 Å². The third-order valence-corrected chi connectivity index (χ3v) is 7.10. The molecule has 1 aromatic heterocycles. The average molecular weight is 511 g/mol. The minimum atomic E-state index is -3.85. The lowest BCUT2D eigenvalue weighted by Gasteiger charge is -2.16. The summed E-state index contributed by atoms with van der Waals surface area (Å²) in [6.45, 7) is 2.11. The smallest absolute Gasteiger partial charge is 0.283 e. The molecule has 3 aromatic rings. The van der Waals surface area contributed by atoms with E-state index in [9.17, 15) is 18.0 Å². The fourth-order valence-electron chi connectivity index (χ4n) is 3.52. The number of nitrogens with zero attached hydrogens (tertiary/aromatic N) is 2. The number of sulfonamides is 1. The summed E-state index contributed by atoms with van der Waals surface area (Å²) in [5.41, 5.74) is 1.87. The number of halogens is 1. The first kappa shape index (κ1) is 24.4. The largest absolute Gasteiger partial charge is 0.350 e. The number of carbonyl (C=O) groups is 2. The lowest BCUT2D eigenvalue weighted by Crippen LogP contribution is -2.32. The topological polar surface area (TPSA) is 108 Å². The van der Waals surface area contributed by atoms with Gasteiger partial charge in [-0.15, -0.1) is 0 Å². The molecule has 2 aromatic carbocycles. The van der Waals surface area contributed by atoms with Gasteiger partial charge in [0.1, 0.15) is 16.5 Å². The maximum atomic E-state index is 13.0. The molecule has 2 heterocycles. The zero-order chi connectivity index (χ0) is 25.0. The highest BCUT2D eigenvalue weighted by Crippen LogP contribution is 2.30. The molecule has 10 heteroatoms. The van der Waals surface area contributed by atoms with Crippen molar-refractivity contribution in [3.63, 3.8) is 0 Å². The van der Waals surface area contributed by atoms with E-state index in [1.165, 1.54) is 36.5 Å². The molecule has 4 rings (SSSR count). The second-order valence-corrected chi connectivity index (χ2v) is 9.93. The molecule has 2 N–H and O–H groups in total. The molecule has 0 fully saturated rings. The standard InChI is InChI=1S/C25H23ClN4O4S/c1-2-3-6-17-8-12-19(13-9-17)30-24(31)22(26)23(25(30)32)28-18-10-14-20(15-11-18)35(33,34)29-21-7-4-5-16-27-21/h4-5,7-16,28H,2-3,6H2,1H3,(H,27,29). The van der Waals surface area contributed by atoms with Gasteiger partial charge >= 0.3 is 0 Å². The fraction of sp³-hybridized carbons (Fsp3) is 0.160. The van der Waals surface area contributed by atoms with E-state index in [1.807, 2.05) is 12.1 Å². The number of amides is 2. The van der Waals surface area contributed by atoms with Crippen molar-refractivity contribution in [3.8, 4) is 0 Å². The zero-order valence-corrected chi connectivity index (χ0v) is 20.4. The first-order chi connectivity index (χ1) is 16.8. The van der Waals surface area contributed by atoms with Crippen LogP contribution < -0.4 is 14.9 Å². The van der Waals surface area contributed by atoms with Gasteiger partial charge in [-0.3, -0.25) is 14.3 Å². The van der Waals surface area contributed by atoms with Gasteiger partial charge in [0.15, 0.2) is 0 Å². The zero-order valence-electron chi connectivity index (χ0n) is 18.9. The molecule has 0 atom stereocenters. The molecule has 35 heavy (non-hydrogen) atoms. The van der Waals surface area contributed by atoms with Crippen molar-refractivity contribution in [1.29, 1.82) is 0 Å². The monoisotopic (exact) mass is 510 g/mol. The van der Waals surface area contributed by atoms with Crippen molar-refractivity contribution in [2.75, 3.05) is 14.9 Å². The van der Waals surface area contributed by atoms with Gasteiger partial charge < -0.3 is 5.32 Å². The maximum absolute atomic E-state index is 13.0. The van der Waals surface area contributed by atoms with E-state index in [0.29, 0.717) is 11.4 Å². The number of hydrogen-bond donors (Lipinski definition) is 2. The van der Waals surface area contributed by atoms with Crippen LogP contribution in [0.5, 0.6) is 0 Å². The average Bonchev–Trinajstić information content (AvgIpc) is 3.07. The molecule has 0 bridgehead atoms. The molecule has 2 amide bonds. The molecule has 0 radical (unpaired) electrons. The normalized spacial score (nSPS) is 13.9. The lowest BCUT2D eigenvalue weighted by atomic mass is 10.1. The van der Waals surface area contributed by atoms with Crippen molar-refractivity contribution < 1.29 is 18.0 Å². The van der Waals surface area contributed by atoms with Crippen LogP contribution in [0.25, 0.3) is 0 Å². The van der Waals surface area contributed by atoms with Gasteiger partial charge in [0, 0.05) is 11.9 Å². The van der Waals surface area contributed by atoms with E-state index in [2.05, 4.69) is 21.9 Å². The first-order valence-corrected chi connectivity index (χ1v) is 12.8. The Morgan fingerprint density at radius 3 is 2.29 bits per heavy atom. The molecule has 0 saturated heterocycles. The van der Waals surface area contributed by atoms with Crippen LogP contribution in [-0.4, -0.2) is 25.2 Å². The summed E-state index contributed by atoms with van der Waals surface area (Å²) in [4.78, 5) is 30.7. The quantitative estimate of drug-likeness (QED) is 0.405. The Morgan fingerprint density at radius 2 is 1.66 bits per heavy atom. The Kier molecular flexibility index (Phi) is 7.18. The molecule has 1 aliphatic heterocycles. The van der Waals surface area contributed by atoms with E-state index in [-0.39, 0.29) is 21.4 Å². The fourth-order valence-corrected chi connectivity index (χ4v) is 4.74. The van der Waals surface area contributed by atoms with E-state index in [4.69, 9.17) is 11.6 Å². The van der Waals surface area contributed by atoms with Crippen molar-refractivity contribution in [1.82, 2.24) is 4.98 Å². The highest BCUT2D eigenvalue weighted by atomic mass is 35.5. The van der Waals surface area contributed by atoms with Crippen LogP contribution in [-0.2, 0) is 26.0 Å². The Morgan fingerprint density at radius 1 is 0.943 bits per heavy atom. The number of hydrogen-bond acceptors (Lipinski definition) is 6. The number of imide groups is 1. The molecule has 0 aliphatic carbocycles. The highest BCUT2D eigenvalue weighted by Gasteiger charge is 2.39. The second-order valence-electron chi connectivity index (χ2n) is 7.87. The van der Waals surface area contributed by atoms with Crippen molar-refractivity contribution in [2.24, 2.45) is 0 Å². The van der Waals surface area contributed by atoms with Gasteiger partial charge in [-0.05, 0) is 66.9 Å². The molecule has 1 aliphatic rings. The molecule has 8 nitrogen and oxygen atoms in total. The number of carbonyl (C=O) groups excluding carboxylic acids is 2. The molecule has 0 spiro atoms. The summed E-state index contributed by atoms with van der Waals surface area (Å²) >= 11 is 6.20. The van der Waals surface area contributed by atoms with E-state index in [0.717, 1.165) is 29.7 Å². The van der Waals surface area contributed by atoms with Crippen LogP contribution in [0.1, 0.15) is 25.3 Å². The Balaban J connectivity index is 1.48. The SMILES string of the molecule is CCCCc1ccc(N2C(=O)C(Cl)=C(Nc3ccc(S(=O)(=O)Nc4ccccn4)cc3)C2=O)cc1. The van der Waals surface area contributed by atoms with Crippen molar-refractivity contribution >= 4 is 50.6 Å². The minimum absolute atomic E-state index is 0.00685. The number of anilines is 3. The summed E-state index contributed by atoms with van der Waals surface area (Å²) in [6.07, 6.45) is 4.54. The molecule has 180 valence electrons. The Hall–Kier alpha value is -3.69. The summed E-state index contributed by atoms with van der Waals surface area (Å²) in [5, 5.41) is 2.61. The maximum Gasteiger partial charge on any atom is 0.283 e. The van der Waals surface area contributed by atoms with Gasteiger partial charge in [0.05, 0.1) is 10.6 Å². The van der Waals surface area contributed by atoms with Crippen molar-refractivity contribution in [2.45, 2.75) is 31.1 Å². The summed E-state index contributed by atoms with van der Waals surface area (Å²) in [6, 6.07) is 17.8. The summed E-state index contributed by atoms with van der Waals surface area (Å²) < 4.78 is 27.5. The highest BCUT2D eigenvalue weighted by molar-refractivity contribution is 7.92. The second kappa shape index (κ2) is 10.3. The minimum Gasteiger partial charge on any atom is -0.350 e. The molecular weight excluding hydrogens is 488 g/mol. The molecular formula is C25H23ClN4O4S. The van der Waals surface area contributed by atoms with E-state index >= 15 is 0 Å². The molecule has 0 unspecified atom stereocenters.